The summed E-state index contributed by atoms with van der Waals surface area (Å²) in [7, 11) is -4.77. The number of hydrogen-bond acceptors (Lipinski definition) is 6. The highest BCUT2D eigenvalue weighted by atomic mass is 31.2. The minimum atomic E-state index is -4.77. The van der Waals surface area contributed by atoms with Crippen molar-refractivity contribution in [3.63, 3.8) is 0 Å². The van der Waals surface area contributed by atoms with Gasteiger partial charge in [-0.2, -0.15) is 0 Å². The summed E-state index contributed by atoms with van der Waals surface area (Å²) in [6.07, 6.45) is 55.8. The fourth-order valence-corrected chi connectivity index (χ4v) is 6.02. The van der Waals surface area contributed by atoms with Crippen molar-refractivity contribution in [2.24, 2.45) is 0 Å². The van der Waals surface area contributed by atoms with Gasteiger partial charge in [-0.1, -0.05) is 163 Å². The maximum Gasteiger partial charge on any atom is 0.469 e. The van der Waals surface area contributed by atoms with Crippen LogP contribution in [0.1, 0.15) is 181 Å². The first kappa shape index (κ1) is 53.2. The van der Waals surface area contributed by atoms with Crippen molar-refractivity contribution in [3.8, 4) is 0 Å². The van der Waals surface area contributed by atoms with Crippen LogP contribution in [0.3, 0.4) is 0 Å². The van der Waals surface area contributed by atoms with E-state index in [9.17, 15) is 14.2 Å². The number of carbonyl (C=O) groups excluding carboxylic acids is 2. The zero-order valence-corrected chi connectivity index (χ0v) is 36.1. The molecule has 0 aromatic heterocycles. The first-order valence-electron chi connectivity index (χ1n) is 21.9. The minimum Gasteiger partial charge on any atom is -0.462 e. The molecule has 0 amide bonds. The zero-order chi connectivity index (χ0) is 41.1. The number of allylic oxidation sites excluding steroid dienone is 14. The van der Waals surface area contributed by atoms with Gasteiger partial charge >= 0.3 is 19.8 Å². The maximum absolute atomic E-state index is 12.4. The number of esters is 2. The summed E-state index contributed by atoms with van der Waals surface area (Å²) in [4.78, 5) is 42.9. The van der Waals surface area contributed by atoms with Gasteiger partial charge in [0.1, 0.15) is 6.61 Å². The Labute approximate surface area is 342 Å². The molecule has 0 aliphatic carbocycles. The molecule has 0 saturated carbocycles. The number of phosphoric ester groups is 1. The predicted molar refractivity (Wildman–Crippen MR) is 234 cm³/mol. The number of rotatable bonds is 39. The number of unbranched alkanes of at least 4 members (excludes halogenated alkanes) is 15. The Morgan fingerprint density at radius 1 is 0.482 bits per heavy atom. The smallest absolute Gasteiger partial charge is 0.462 e. The summed E-state index contributed by atoms with van der Waals surface area (Å²) in [5.41, 5.74) is 0. The molecular weight excluding hydrogens is 723 g/mol. The van der Waals surface area contributed by atoms with Crippen LogP contribution in [0.2, 0.25) is 0 Å². The quantitative estimate of drug-likeness (QED) is 0.0273. The third kappa shape index (κ3) is 44.0. The van der Waals surface area contributed by atoms with Crippen LogP contribution in [0.5, 0.6) is 0 Å². The molecule has 0 bridgehead atoms. The lowest BCUT2D eigenvalue weighted by Gasteiger charge is -2.18. The van der Waals surface area contributed by atoms with Gasteiger partial charge in [0.05, 0.1) is 6.61 Å². The van der Waals surface area contributed by atoms with Crippen molar-refractivity contribution in [3.05, 3.63) is 85.1 Å². The molecule has 56 heavy (non-hydrogen) atoms. The summed E-state index contributed by atoms with van der Waals surface area (Å²) < 4.78 is 26.4. The van der Waals surface area contributed by atoms with Crippen LogP contribution >= 0.6 is 7.82 Å². The van der Waals surface area contributed by atoms with Gasteiger partial charge in [-0.25, -0.2) is 4.57 Å². The van der Waals surface area contributed by atoms with Gasteiger partial charge in [0, 0.05) is 12.8 Å². The van der Waals surface area contributed by atoms with Crippen molar-refractivity contribution >= 4 is 19.8 Å². The van der Waals surface area contributed by atoms with Gasteiger partial charge in [0.25, 0.3) is 0 Å². The van der Waals surface area contributed by atoms with Crippen molar-refractivity contribution in [2.45, 2.75) is 187 Å². The zero-order valence-electron chi connectivity index (χ0n) is 35.3. The lowest BCUT2D eigenvalue weighted by atomic mass is 10.1. The van der Waals surface area contributed by atoms with Crippen molar-refractivity contribution in [1.29, 1.82) is 0 Å². The van der Waals surface area contributed by atoms with E-state index in [1.54, 1.807) is 0 Å². The molecule has 0 aliphatic heterocycles. The maximum atomic E-state index is 12.4. The van der Waals surface area contributed by atoms with Gasteiger partial charge in [0.2, 0.25) is 0 Å². The molecule has 0 saturated heterocycles. The fourth-order valence-electron chi connectivity index (χ4n) is 5.66. The van der Waals surface area contributed by atoms with E-state index in [0.717, 1.165) is 83.5 Å². The van der Waals surface area contributed by atoms with Crippen LogP contribution in [-0.2, 0) is 28.2 Å². The summed E-state index contributed by atoms with van der Waals surface area (Å²) in [6.45, 7) is 3.51. The van der Waals surface area contributed by atoms with Gasteiger partial charge in [0.15, 0.2) is 6.10 Å². The molecule has 1 atom stereocenters. The Balaban J connectivity index is 3.99. The van der Waals surface area contributed by atoms with Crippen LogP contribution in [-0.4, -0.2) is 41.0 Å². The molecule has 0 heterocycles. The molecular formula is C47H79O8P. The largest absolute Gasteiger partial charge is 0.469 e. The Hall–Kier alpha value is -2.77. The van der Waals surface area contributed by atoms with E-state index >= 15 is 0 Å². The van der Waals surface area contributed by atoms with E-state index in [4.69, 9.17) is 19.3 Å². The summed E-state index contributed by atoms with van der Waals surface area (Å²) in [5, 5.41) is 0. The highest BCUT2D eigenvalue weighted by molar-refractivity contribution is 7.46. The lowest BCUT2D eigenvalue weighted by Crippen LogP contribution is -2.29. The summed E-state index contributed by atoms with van der Waals surface area (Å²) >= 11 is 0. The van der Waals surface area contributed by atoms with Crippen molar-refractivity contribution in [2.75, 3.05) is 13.2 Å². The minimum absolute atomic E-state index is 0.195. The molecule has 0 spiro atoms. The second kappa shape index (κ2) is 41.9. The van der Waals surface area contributed by atoms with E-state index in [-0.39, 0.29) is 19.4 Å². The molecule has 0 fully saturated rings. The van der Waals surface area contributed by atoms with Crippen LogP contribution in [0.25, 0.3) is 0 Å². The highest BCUT2D eigenvalue weighted by Crippen LogP contribution is 2.36. The third-order valence-corrected chi connectivity index (χ3v) is 9.38. The second-order valence-electron chi connectivity index (χ2n) is 14.3. The Morgan fingerprint density at radius 2 is 0.857 bits per heavy atom. The Morgan fingerprint density at radius 3 is 1.30 bits per heavy atom. The first-order valence-corrected chi connectivity index (χ1v) is 23.4. The molecule has 2 N–H and O–H groups in total. The average molecular weight is 803 g/mol. The van der Waals surface area contributed by atoms with E-state index < -0.39 is 32.5 Å². The summed E-state index contributed by atoms with van der Waals surface area (Å²) in [5.74, 6) is -0.933. The van der Waals surface area contributed by atoms with Crippen LogP contribution in [0, 0.1) is 0 Å². The highest BCUT2D eigenvalue weighted by Gasteiger charge is 2.22. The standard InChI is InChI=1S/C47H79O8P/c1-3-5-7-9-11-13-15-17-19-21-23-25-27-29-31-33-35-37-39-41-46(48)53-43-45(44-54-56(50,51)52)55-47(49)42-40-38-36-34-32-30-28-26-24-22-20-18-16-14-12-10-8-6-4-2/h5,7,11-14,17-20,23,25,29,31,45H,3-4,6,8-10,15-16,21-22,24,26-28,30,32-44H2,1-2H3,(H2,50,51,52)/b7-5+,13-11+,14-12+,19-17+,20-18+,25-23+,31-29+/t45-/m1/s1. The van der Waals surface area contributed by atoms with Crippen LogP contribution in [0.4, 0.5) is 0 Å². The summed E-state index contributed by atoms with van der Waals surface area (Å²) in [6, 6.07) is 0. The molecule has 8 nitrogen and oxygen atoms in total. The van der Waals surface area contributed by atoms with Crippen LogP contribution in [0.15, 0.2) is 85.1 Å². The van der Waals surface area contributed by atoms with E-state index in [1.807, 2.05) is 0 Å². The SMILES string of the molecule is CC/C=C/C/C=C/C/C=C/C/C=C/C/C=C/CCCCCC(=O)OC[C@H](COP(=O)(O)O)OC(=O)CCCCCCCCCCC/C=C/C/C=C/CCCCC. The molecule has 0 radical (unpaired) electrons. The number of phosphoric acid groups is 1. The molecule has 0 unspecified atom stereocenters. The van der Waals surface area contributed by atoms with Gasteiger partial charge in [-0.05, 0) is 89.9 Å². The Bertz CT molecular complexity index is 1180. The van der Waals surface area contributed by atoms with Crippen molar-refractivity contribution < 1.29 is 37.9 Å². The van der Waals surface area contributed by atoms with Crippen molar-refractivity contribution in [1.82, 2.24) is 0 Å². The van der Waals surface area contributed by atoms with Gasteiger partial charge < -0.3 is 19.3 Å². The first-order chi connectivity index (χ1) is 27.3. The molecule has 320 valence electrons. The van der Waals surface area contributed by atoms with E-state index in [1.165, 1.54) is 57.8 Å². The van der Waals surface area contributed by atoms with Crippen LogP contribution < -0.4 is 0 Å². The van der Waals surface area contributed by atoms with E-state index in [0.29, 0.717) is 12.8 Å². The molecule has 0 rings (SSSR count). The van der Waals surface area contributed by atoms with E-state index in [2.05, 4.69) is 103 Å². The molecule has 0 aromatic carbocycles. The van der Waals surface area contributed by atoms with Gasteiger partial charge in [-0.3, -0.25) is 14.1 Å². The monoisotopic (exact) mass is 803 g/mol. The number of hydrogen-bond donors (Lipinski definition) is 2. The number of ether oxygens (including phenoxy) is 2. The molecule has 9 heteroatoms. The fraction of sp³-hybridized carbons (Fsp3) is 0.660. The number of carbonyl (C=O) groups is 2. The second-order valence-corrected chi connectivity index (χ2v) is 15.5. The average Bonchev–Trinajstić information content (AvgIpc) is 3.17. The molecule has 0 aromatic rings. The molecule has 0 aliphatic rings. The predicted octanol–water partition coefficient (Wildman–Crippen LogP) is 13.6. The normalized spacial score (nSPS) is 13.3. The lowest BCUT2D eigenvalue weighted by molar-refractivity contribution is -0.161. The van der Waals surface area contributed by atoms with Gasteiger partial charge in [-0.15, -0.1) is 0 Å². The topological polar surface area (TPSA) is 119 Å². The third-order valence-electron chi connectivity index (χ3n) is 8.90. The Kier molecular flexibility index (Phi) is 39.8.